The fourth-order valence-corrected chi connectivity index (χ4v) is 5.91. The number of hydrogen-bond acceptors (Lipinski definition) is 7. The number of fused-ring (bicyclic) bond motifs is 1. The van der Waals surface area contributed by atoms with Gasteiger partial charge in [-0.05, 0) is 50.3 Å². The van der Waals surface area contributed by atoms with Gasteiger partial charge in [-0.1, -0.05) is 11.6 Å². The van der Waals surface area contributed by atoms with Gasteiger partial charge in [0.05, 0.1) is 17.6 Å². The van der Waals surface area contributed by atoms with Crippen LogP contribution < -0.4 is 10.1 Å². The summed E-state index contributed by atoms with van der Waals surface area (Å²) in [5.74, 6) is 0.721. The molecule has 0 saturated heterocycles. The molecule has 2 atom stereocenters. The number of carbonyl (C=O) groups excluding carboxylic acids is 1. The Kier molecular flexibility index (Phi) is 4.76. The van der Waals surface area contributed by atoms with E-state index in [0.29, 0.717) is 47.4 Å². The van der Waals surface area contributed by atoms with E-state index < -0.39 is 24.7 Å². The molecule has 8 nitrogen and oxygen atoms in total. The second-order valence-electron chi connectivity index (χ2n) is 9.92. The average Bonchev–Trinajstić information content (AvgIpc) is 3.14. The van der Waals surface area contributed by atoms with E-state index in [1.165, 1.54) is 0 Å². The molecule has 5 aliphatic rings. The van der Waals surface area contributed by atoms with Gasteiger partial charge < -0.3 is 19.6 Å². The topological polar surface area (TPSA) is 107 Å². The van der Waals surface area contributed by atoms with Crippen molar-refractivity contribution in [2.45, 2.75) is 80.1 Å². The van der Waals surface area contributed by atoms with Crippen LogP contribution in [0.1, 0.15) is 67.9 Å². The molecule has 2 bridgehead atoms. The first-order chi connectivity index (χ1) is 16.0. The molecule has 1 amide bonds. The Morgan fingerprint density at radius 2 is 1.94 bits per heavy atom. The highest BCUT2D eigenvalue weighted by Gasteiger charge is 2.72. The van der Waals surface area contributed by atoms with Gasteiger partial charge in [0.15, 0.2) is 6.10 Å². The van der Waals surface area contributed by atoms with Crippen LogP contribution in [0.5, 0.6) is 5.75 Å². The molecule has 2 N–H and O–H groups in total. The number of aliphatic hydroxyl groups excluding tert-OH is 1. The van der Waals surface area contributed by atoms with Crippen molar-refractivity contribution < 1.29 is 37.0 Å². The third-order valence-electron chi connectivity index (χ3n) is 7.39. The number of aliphatic hydroxyl groups is 1. The number of nitrogens with one attached hydrogen (secondary N) is 1. The molecule has 0 spiro atoms. The molecule has 4 aliphatic carbocycles. The molecule has 0 radical (unpaired) electrons. The zero-order valence-corrected chi connectivity index (χ0v) is 18.5. The molecular formula is C22H21ClF3N3O5. The summed E-state index contributed by atoms with van der Waals surface area (Å²) in [6.07, 6.45) is -4.74. The van der Waals surface area contributed by atoms with Crippen LogP contribution in [0.4, 0.5) is 13.2 Å². The number of aromatic nitrogens is 2. The molecule has 182 valence electrons. The fourth-order valence-electron chi connectivity index (χ4n) is 5.73. The summed E-state index contributed by atoms with van der Waals surface area (Å²) in [4.78, 5) is 12.8. The van der Waals surface area contributed by atoms with E-state index in [1.807, 2.05) is 0 Å². The predicted octanol–water partition coefficient (Wildman–Crippen LogP) is 3.68. The highest BCUT2D eigenvalue weighted by molar-refractivity contribution is 6.30. The number of nitrogens with zero attached hydrogens (tertiary/aromatic N) is 2. The summed E-state index contributed by atoms with van der Waals surface area (Å²) in [7, 11) is 0. The zero-order chi connectivity index (χ0) is 23.9. The molecule has 2 aromatic rings. The maximum Gasteiger partial charge on any atom is 0.522 e. The lowest BCUT2D eigenvalue weighted by Crippen LogP contribution is -2.77. The van der Waals surface area contributed by atoms with Gasteiger partial charge in [0.1, 0.15) is 5.75 Å². The summed E-state index contributed by atoms with van der Waals surface area (Å²) >= 11 is 5.97. The van der Waals surface area contributed by atoms with Crippen molar-refractivity contribution in [2.75, 3.05) is 0 Å². The van der Waals surface area contributed by atoms with Gasteiger partial charge in [-0.2, -0.15) is 0 Å². The summed E-state index contributed by atoms with van der Waals surface area (Å²) in [5, 5.41) is 22.1. The minimum absolute atomic E-state index is 0.133. The molecule has 34 heavy (non-hydrogen) atoms. The Morgan fingerprint density at radius 1 is 1.21 bits per heavy atom. The van der Waals surface area contributed by atoms with Crippen molar-refractivity contribution in [3.05, 3.63) is 40.6 Å². The number of benzene rings is 1. The Morgan fingerprint density at radius 3 is 2.65 bits per heavy atom. The van der Waals surface area contributed by atoms with Gasteiger partial charge in [0, 0.05) is 28.5 Å². The summed E-state index contributed by atoms with van der Waals surface area (Å²) in [6, 6.07) is 4.92. The average molecular weight is 500 g/mol. The molecular weight excluding hydrogens is 479 g/mol. The van der Waals surface area contributed by atoms with E-state index in [1.54, 1.807) is 18.2 Å². The van der Waals surface area contributed by atoms with Crippen LogP contribution in [-0.4, -0.2) is 45.3 Å². The number of alkyl halides is 3. The molecule has 1 aromatic carbocycles. The van der Waals surface area contributed by atoms with Crippen LogP contribution in [0.15, 0.2) is 22.6 Å². The molecule has 0 unspecified atom stereocenters. The standard InChI is InChI=1S/C22H21ClF3N3O5/c23-11-1-2-15-13(5-11)14(30)6-16(32-15)17(31)27-21-7-20(8-21,9-21)19-29-28-18(33-19)10-3-12(4-10)34-22(24,25)26/h1-2,5,10,12,14,16,30H,3-4,6-9H2,(H,27,31)/t10-,12+,14-,16+,20?,21?/m0/s1. The zero-order valence-electron chi connectivity index (χ0n) is 17.8. The van der Waals surface area contributed by atoms with E-state index in [9.17, 15) is 23.1 Å². The van der Waals surface area contributed by atoms with Gasteiger partial charge in [-0.15, -0.1) is 23.4 Å². The quantitative estimate of drug-likeness (QED) is 0.646. The van der Waals surface area contributed by atoms with Gasteiger partial charge in [-0.3, -0.25) is 9.53 Å². The summed E-state index contributed by atoms with van der Waals surface area (Å²) in [5.41, 5.74) is -0.112. The number of ether oxygens (including phenoxy) is 2. The summed E-state index contributed by atoms with van der Waals surface area (Å²) < 4.78 is 52.5. The Bertz CT molecular complexity index is 1130. The Labute approximate surface area is 196 Å². The van der Waals surface area contributed by atoms with Gasteiger partial charge in [0.2, 0.25) is 11.8 Å². The SMILES string of the molecule is O=C(NC12CC(c3nnc([C@H]4C[C@@H](OC(F)(F)F)C4)o3)(C1)C2)[C@H]1C[C@H](O)c2cc(Cl)ccc2O1. The van der Waals surface area contributed by atoms with Crippen molar-refractivity contribution in [1.29, 1.82) is 0 Å². The van der Waals surface area contributed by atoms with Crippen LogP contribution in [0.2, 0.25) is 5.02 Å². The van der Waals surface area contributed by atoms with Crippen LogP contribution in [0.3, 0.4) is 0 Å². The second-order valence-corrected chi connectivity index (χ2v) is 10.4. The van der Waals surface area contributed by atoms with Gasteiger partial charge >= 0.3 is 6.36 Å². The first-order valence-corrected chi connectivity index (χ1v) is 11.5. The van der Waals surface area contributed by atoms with E-state index in [4.69, 9.17) is 20.8 Å². The highest BCUT2D eigenvalue weighted by Crippen LogP contribution is 2.67. The molecule has 2 heterocycles. The molecule has 7 rings (SSSR count). The fraction of sp³-hybridized carbons (Fsp3) is 0.591. The lowest BCUT2D eigenvalue weighted by molar-refractivity contribution is -0.352. The third-order valence-corrected chi connectivity index (χ3v) is 7.62. The van der Waals surface area contributed by atoms with Crippen LogP contribution in [0.25, 0.3) is 0 Å². The number of carbonyl (C=O) groups is 1. The van der Waals surface area contributed by atoms with Crippen molar-refractivity contribution in [2.24, 2.45) is 0 Å². The largest absolute Gasteiger partial charge is 0.522 e. The molecule has 4 saturated carbocycles. The van der Waals surface area contributed by atoms with E-state index in [2.05, 4.69) is 20.3 Å². The maximum absolute atomic E-state index is 12.8. The molecule has 1 aliphatic heterocycles. The number of rotatable bonds is 5. The minimum atomic E-state index is -4.64. The molecule has 12 heteroatoms. The minimum Gasteiger partial charge on any atom is -0.480 e. The Balaban J connectivity index is 1.03. The maximum atomic E-state index is 12.8. The van der Waals surface area contributed by atoms with Crippen molar-refractivity contribution >= 4 is 17.5 Å². The number of hydrogen-bond donors (Lipinski definition) is 2. The monoisotopic (exact) mass is 499 g/mol. The predicted molar refractivity (Wildman–Crippen MR) is 109 cm³/mol. The van der Waals surface area contributed by atoms with E-state index in [0.717, 1.165) is 0 Å². The Hall–Kier alpha value is -2.37. The van der Waals surface area contributed by atoms with Crippen LogP contribution in [-0.2, 0) is 14.9 Å². The molecule has 4 fully saturated rings. The number of halogens is 4. The first-order valence-electron chi connectivity index (χ1n) is 11.1. The van der Waals surface area contributed by atoms with E-state index >= 15 is 0 Å². The van der Waals surface area contributed by atoms with Crippen LogP contribution >= 0.6 is 11.6 Å². The van der Waals surface area contributed by atoms with Gasteiger partial charge in [-0.25, -0.2) is 0 Å². The number of amides is 1. The van der Waals surface area contributed by atoms with E-state index in [-0.39, 0.29) is 42.0 Å². The first kappa shape index (κ1) is 22.1. The highest BCUT2D eigenvalue weighted by atomic mass is 35.5. The van der Waals surface area contributed by atoms with Crippen LogP contribution in [0, 0.1) is 0 Å². The normalized spacial score (nSPS) is 35.8. The smallest absolute Gasteiger partial charge is 0.480 e. The van der Waals surface area contributed by atoms with Crippen molar-refractivity contribution in [3.8, 4) is 5.75 Å². The third kappa shape index (κ3) is 3.64. The summed E-state index contributed by atoms with van der Waals surface area (Å²) in [6.45, 7) is 0. The molecule has 1 aromatic heterocycles. The van der Waals surface area contributed by atoms with Gasteiger partial charge in [0.25, 0.3) is 5.91 Å². The second kappa shape index (κ2) is 7.32. The van der Waals surface area contributed by atoms with Crippen molar-refractivity contribution in [3.63, 3.8) is 0 Å². The lowest BCUT2D eigenvalue weighted by atomic mass is 9.39. The van der Waals surface area contributed by atoms with Crippen molar-refractivity contribution in [1.82, 2.24) is 15.5 Å². The lowest BCUT2D eigenvalue weighted by Gasteiger charge is -2.68.